The first kappa shape index (κ1) is 18.3. The molecule has 3 aromatic heterocycles. The van der Waals surface area contributed by atoms with Gasteiger partial charge in [-0.05, 0) is 25.5 Å². The van der Waals surface area contributed by atoms with E-state index < -0.39 is 0 Å². The van der Waals surface area contributed by atoms with Gasteiger partial charge in [-0.2, -0.15) is 5.10 Å². The van der Waals surface area contributed by atoms with Crippen molar-refractivity contribution in [2.24, 2.45) is 7.05 Å². The van der Waals surface area contributed by atoms with Gasteiger partial charge >= 0.3 is 0 Å². The smallest absolute Gasteiger partial charge is 0.246 e. The number of thiazole rings is 1. The van der Waals surface area contributed by atoms with Gasteiger partial charge in [0.15, 0.2) is 5.13 Å². The Labute approximate surface area is 167 Å². The van der Waals surface area contributed by atoms with Crippen LogP contribution in [0.2, 0.25) is 0 Å². The highest BCUT2D eigenvalue weighted by atomic mass is 32.1. The third kappa shape index (κ3) is 4.09. The maximum absolute atomic E-state index is 12.5. The zero-order valence-corrected chi connectivity index (χ0v) is 16.6. The third-order valence-corrected chi connectivity index (χ3v) is 5.39. The van der Waals surface area contributed by atoms with E-state index in [1.165, 1.54) is 11.3 Å². The maximum Gasteiger partial charge on any atom is 0.246 e. The molecule has 1 unspecified atom stereocenters. The van der Waals surface area contributed by atoms with Gasteiger partial charge in [0.05, 0.1) is 11.4 Å². The highest BCUT2D eigenvalue weighted by Crippen LogP contribution is 2.28. The number of aryl methyl sites for hydroxylation is 2. The van der Waals surface area contributed by atoms with Crippen LogP contribution in [0.4, 0.5) is 10.9 Å². The number of carbonyl (C=O) groups is 1. The highest BCUT2D eigenvalue weighted by molar-refractivity contribution is 7.13. The van der Waals surface area contributed by atoms with Gasteiger partial charge in [-0.1, -0.05) is 0 Å². The fraction of sp³-hybridized carbons (Fsp3) is 0.316. The van der Waals surface area contributed by atoms with Crippen molar-refractivity contribution in [3.8, 4) is 0 Å². The molecule has 4 heterocycles. The summed E-state index contributed by atoms with van der Waals surface area (Å²) in [6, 6.07) is 3.83. The number of hydrogen-bond donors (Lipinski definition) is 1. The lowest BCUT2D eigenvalue weighted by Crippen LogP contribution is -2.26. The maximum atomic E-state index is 12.5. The number of amides is 1. The molecule has 1 N–H and O–H groups in total. The van der Waals surface area contributed by atoms with Crippen molar-refractivity contribution in [3.05, 3.63) is 53.2 Å². The van der Waals surface area contributed by atoms with E-state index in [1.54, 1.807) is 29.2 Å². The van der Waals surface area contributed by atoms with Crippen molar-refractivity contribution in [2.75, 3.05) is 18.4 Å². The van der Waals surface area contributed by atoms with Crippen molar-refractivity contribution < 1.29 is 4.79 Å². The lowest BCUT2D eigenvalue weighted by molar-refractivity contribution is -0.124. The summed E-state index contributed by atoms with van der Waals surface area (Å²) in [4.78, 5) is 27.7. The van der Waals surface area contributed by atoms with Crippen LogP contribution in [0.5, 0.6) is 0 Å². The topological polar surface area (TPSA) is 88.8 Å². The molecule has 1 aliphatic heterocycles. The fourth-order valence-corrected chi connectivity index (χ4v) is 3.81. The number of nitrogens with one attached hydrogen (secondary N) is 1. The third-order valence-electron chi connectivity index (χ3n) is 4.70. The first-order chi connectivity index (χ1) is 13.6. The van der Waals surface area contributed by atoms with Gasteiger partial charge in [-0.15, -0.1) is 11.3 Å². The molecule has 8 nitrogen and oxygen atoms in total. The zero-order valence-electron chi connectivity index (χ0n) is 15.7. The molecule has 3 aromatic rings. The Bertz CT molecular complexity index is 996. The van der Waals surface area contributed by atoms with Crippen molar-refractivity contribution >= 4 is 34.3 Å². The van der Waals surface area contributed by atoms with E-state index in [-0.39, 0.29) is 11.8 Å². The molecular weight excluding hydrogens is 374 g/mol. The molecule has 1 aliphatic rings. The van der Waals surface area contributed by atoms with E-state index in [9.17, 15) is 4.79 Å². The summed E-state index contributed by atoms with van der Waals surface area (Å²) in [5, 5.41) is 10.0. The molecule has 0 aliphatic carbocycles. The van der Waals surface area contributed by atoms with Crippen molar-refractivity contribution in [3.63, 3.8) is 0 Å². The van der Waals surface area contributed by atoms with Gasteiger partial charge in [0.1, 0.15) is 11.6 Å². The van der Waals surface area contributed by atoms with E-state index in [0.29, 0.717) is 12.4 Å². The van der Waals surface area contributed by atoms with Gasteiger partial charge in [0, 0.05) is 56.0 Å². The van der Waals surface area contributed by atoms with Crippen LogP contribution in [0.15, 0.2) is 36.0 Å². The van der Waals surface area contributed by atoms with E-state index in [1.807, 2.05) is 36.4 Å². The number of carbonyl (C=O) groups excluding carboxylic acids is 1. The summed E-state index contributed by atoms with van der Waals surface area (Å²) in [6.45, 7) is 3.25. The molecule has 28 heavy (non-hydrogen) atoms. The van der Waals surface area contributed by atoms with E-state index in [2.05, 4.69) is 25.4 Å². The van der Waals surface area contributed by atoms with Crippen LogP contribution in [0, 0.1) is 6.92 Å². The largest absolute Gasteiger partial charge is 0.338 e. The second kappa shape index (κ2) is 7.89. The Morgan fingerprint density at radius 2 is 2.25 bits per heavy atom. The normalized spacial score (nSPS) is 16.8. The molecule has 9 heteroatoms. The van der Waals surface area contributed by atoms with Gasteiger partial charge in [-0.3, -0.25) is 9.48 Å². The quantitative estimate of drug-likeness (QED) is 0.668. The van der Waals surface area contributed by atoms with Crippen LogP contribution in [0.3, 0.4) is 0 Å². The molecule has 1 saturated heterocycles. The van der Waals surface area contributed by atoms with E-state index >= 15 is 0 Å². The number of nitrogens with zero attached hydrogens (tertiary/aromatic N) is 6. The summed E-state index contributed by atoms with van der Waals surface area (Å²) >= 11 is 1.52. The van der Waals surface area contributed by atoms with Crippen molar-refractivity contribution in [1.82, 2.24) is 29.6 Å². The Kier molecular flexibility index (Phi) is 5.16. The number of rotatable bonds is 5. The first-order valence-corrected chi connectivity index (χ1v) is 9.93. The summed E-state index contributed by atoms with van der Waals surface area (Å²) in [5.74, 6) is 1.65. The number of likely N-dealkylation sites (tertiary alicyclic amines) is 1. The molecule has 0 spiro atoms. The lowest BCUT2D eigenvalue weighted by Gasteiger charge is -2.15. The minimum atomic E-state index is 0.00983. The molecule has 0 saturated carbocycles. The molecule has 4 rings (SSSR count). The van der Waals surface area contributed by atoms with Gasteiger partial charge in [0.25, 0.3) is 0 Å². The lowest BCUT2D eigenvalue weighted by atomic mass is 10.0. The molecule has 1 atom stereocenters. The number of hydrogen-bond acceptors (Lipinski definition) is 7. The molecular formula is C19H21N7OS. The van der Waals surface area contributed by atoms with Gasteiger partial charge in [-0.25, -0.2) is 15.0 Å². The average molecular weight is 395 g/mol. The summed E-state index contributed by atoms with van der Waals surface area (Å²) in [5.41, 5.74) is 1.85. The molecule has 0 radical (unpaired) electrons. The van der Waals surface area contributed by atoms with Crippen LogP contribution in [-0.2, 0) is 11.8 Å². The zero-order chi connectivity index (χ0) is 19.5. The predicted octanol–water partition coefficient (Wildman–Crippen LogP) is 2.75. The SMILES string of the molecule is Cc1nc(Nc2nccs2)cc(C2CCN(C(=O)/C=C/c3ccnn3C)C2)n1. The fourth-order valence-electron chi connectivity index (χ4n) is 3.27. The Hall–Kier alpha value is -3.07. The van der Waals surface area contributed by atoms with Crippen molar-refractivity contribution in [2.45, 2.75) is 19.3 Å². The molecule has 0 bridgehead atoms. The summed E-state index contributed by atoms with van der Waals surface area (Å²) in [7, 11) is 1.85. The van der Waals surface area contributed by atoms with Crippen LogP contribution >= 0.6 is 11.3 Å². The highest BCUT2D eigenvalue weighted by Gasteiger charge is 2.27. The standard InChI is InChI=1S/C19H21N7OS/c1-13-22-16(11-17(23-13)24-19-20-8-10-28-19)14-6-9-26(12-14)18(27)4-3-15-5-7-21-25(15)2/h3-5,7-8,10-11,14H,6,9,12H2,1-2H3,(H,20,22,23,24)/b4-3+. The van der Waals surface area contributed by atoms with Gasteiger partial charge < -0.3 is 10.2 Å². The Balaban J connectivity index is 1.43. The molecule has 1 fully saturated rings. The van der Waals surface area contributed by atoms with Crippen molar-refractivity contribution in [1.29, 1.82) is 0 Å². The average Bonchev–Trinajstić information content (AvgIpc) is 3.41. The first-order valence-electron chi connectivity index (χ1n) is 9.05. The summed E-state index contributed by atoms with van der Waals surface area (Å²) in [6.07, 6.45) is 7.76. The minimum absolute atomic E-state index is 0.00983. The van der Waals surface area contributed by atoms with Crippen LogP contribution in [0.1, 0.15) is 29.6 Å². The van der Waals surface area contributed by atoms with E-state index in [4.69, 9.17) is 0 Å². The minimum Gasteiger partial charge on any atom is -0.338 e. The van der Waals surface area contributed by atoms with Gasteiger partial charge in [0.2, 0.25) is 5.91 Å². The monoisotopic (exact) mass is 395 g/mol. The van der Waals surface area contributed by atoms with E-state index in [0.717, 1.165) is 35.3 Å². The van der Waals surface area contributed by atoms with Crippen LogP contribution < -0.4 is 5.32 Å². The Morgan fingerprint density at radius 3 is 3.00 bits per heavy atom. The predicted molar refractivity (Wildman–Crippen MR) is 108 cm³/mol. The van der Waals surface area contributed by atoms with Crippen LogP contribution in [-0.4, -0.2) is 48.6 Å². The molecule has 0 aromatic carbocycles. The second-order valence-corrected chi connectivity index (χ2v) is 7.56. The Morgan fingerprint density at radius 1 is 1.36 bits per heavy atom. The number of aromatic nitrogens is 5. The molecule has 1 amide bonds. The molecule has 144 valence electrons. The van der Waals surface area contributed by atoms with Crippen LogP contribution in [0.25, 0.3) is 6.08 Å². The second-order valence-electron chi connectivity index (χ2n) is 6.67. The number of anilines is 2. The summed E-state index contributed by atoms with van der Waals surface area (Å²) < 4.78 is 1.73.